The number of nitrogens with one attached hydrogen (secondary N) is 1. The highest BCUT2D eigenvalue weighted by Crippen LogP contribution is 2.28. The molecular formula is C22H25NO5. The number of carbonyl (C=O) groups excluding carboxylic acids is 2. The van der Waals surface area contributed by atoms with Crippen molar-refractivity contribution in [3.05, 3.63) is 65.7 Å². The van der Waals surface area contributed by atoms with Crippen LogP contribution in [0.25, 0.3) is 6.08 Å². The average Bonchev–Trinajstić information content (AvgIpc) is 2.71. The number of esters is 1. The summed E-state index contributed by atoms with van der Waals surface area (Å²) in [5, 5.41) is 2.73. The molecule has 0 fully saturated rings. The molecule has 0 bridgehead atoms. The Labute approximate surface area is 165 Å². The molecule has 2 aromatic rings. The Kier molecular flexibility index (Phi) is 8.09. The van der Waals surface area contributed by atoms with Gasteiger partial charge in [0.2, 0.25) is 0 Å². The van der Waals surface area contributed by atoms with Crippen molar-refractivity contribution in [2.45, 2.75) is 26.5 Å². The van der Waals surface area contributed by atoms with Gasteiger partial charge in [-0.15, -0.1) is 0 Å². The predicted molar refractivity (Wildman–Crippen MR) is 107 cm³/mol. The van der Waals surface area contributed by atoms with Crippen LogP contribution in [0, 0.1) is 0 Å². The zero-order valence-electron chi connectivity index (χ0n) is 16.3. The first-order valence-corrected chi connectivity index (χ1v) is 8.98. The first kappa shape index (κ1) is 21.0. The second-order valence-corrected chi connectivity index (χ2v) is 6.03. The molecule has 0 aliphatic rings. The van der Waals surface area contributed by atoms with Crippen molar-refractivity contribution in [3.8, 4) is 11.5 Å². The van der Waals surface area contributed by atoms with Crippen LogP contribution in [0.4, 0.5) is 0 Å². The molecule has 0 unspecified atom stereocenters. The lowest BCUT2D eigenvalue weighted by Gasteiger charge is -2.15. The van der Waals surface area contributed by atoms with Gasteiger partial charge >= 0.3 is 5.97 Å². The Morgan fingerprint density at radius 2 is 1.86 bits per heavy atom. The van der Waals surface area contributed by atoms with E-state index < -0.39 is 12.1 Å². The number of benzene rings is 2. The lowest BCUT2D eigenvalue weighted by atomic mass is 10.2. The smallest absolute Gasteiger partial charge is 0.344 e. The van der Waals surface area contributed by atoms with Crippen molar-refractivity contribution in [2.75, 3.05) is 13.7 Å². The minimum Gasteiger partial charge on any atom is -0.493 e. The number of allylic oxidation sites excluding steroid dienone is 1. The van der Waals surface area contributed by atoms with Crippen LogP contribution in [0.3, 0.4) is 0 Å². The van der Waals surface area contributed by atoms with Crippen LogP contribution in [0.2, 0.25) is 0 Å². The quantitative estimate of drug-likeness (QED) is 0.672. The Morgan fingerprint density at radius 1 is 1.11 bits per heavy atom. The van der Waals surface area contributed by atoms with E-state index >= 15 is 0 Å². The first-order chi connectivity index (χ1) is 13.5. The molecule has 0 saturated heterocycles. The zero-order valence-corrected chi connectivity index (χ0v) is 16.3. The normalized spacial score (nSPS) is 11.7. The van der Waals surface area contributed by atoms with E-state index in [9.17, 15) is 9.59 Å². The molecule has 1 N–H and O–H groups in total. The lowest BCUT2D eigenvalue weighted by Crippen LogP contribution is -2.36. The summed E-state index contributed by atoms with van der Waals surface area (Å²) in [4.78, 5) is 24.1. The summed E-state index contributed by atoms with van der Waals surface area (Å²) < 4.78 is 15.9. The van der Waals surface area contributed by atoms with Gasteiger partial charge in [-0.1, -0.05) is 48.6 Å². The molecule has 0 saturated carbocycles. The summed E-state index contributed by atoms with van der Waals surface area (Å²) in [5.41, 5.74) is 1.92. The Bertz CT molecular complexity index is 817. The van der Waals surface area contributed by atoms with E-state index in [0.717, 1.165) is 11.1 Å². The molecule has 148 valence electrons. The third-order valence-electron chi connectivity index (χ3n) is 3.88. The number of ether oxygens (including phenoxy) is 3. The van der Waals surface area contributed by atoms with Gasteiger partial charge in [0.1, 0.15) is 0 Å². The van der Waals surface area contributed by atoms with Gasteiger partial charge in [0.05, 0.1) is 7.11 Å². The van der Waals surface area contributed by atoms with Crippen molar-refractivity contribution in [1.82, 2.24) is 5.32 Å². The number of hydrogen-bond donors (Lipinski definition) is 1. The molecule has 28 heavy (non-hydrogen) atoms. The van der Waals surface area contributed by atoms with Crippen molar-refractivity contribution >= 4 is 18.0 Å². The van der Waals surface area contributed by atoms with Crippen LogP contribution < -0.4 is 14.8 Å². The van der Waals surface area contributed by atoms with Gasteiger partial charge in [-0.3, -0.25) is 4.79 Å². The molecule has 2 aromatic carbocycles. The van der Waals surface area contributed by atoms with E-state index in [0.29, 0.717) is 18.0 Å². The van der Waals surface area contributed by atoms with Crippen molar-refractivity contribution in [2.24, 2.45) is 0 Å². The van der Waals surface area contributed by atoms with Gasteiger partial charge in [-0.2, -0.15) is 0 Å². The van der Waals surface area contributed by atoms with Crippen molar-refractivity contribution in [3.63, 3.8) is 0 Å². The summed E-state index contributed by atoms with van der Waals surface area (Å²) in [5.74, 6) is -0.0710. The Morgan fingerprint density at radius 3 is 2.54 bits per heavy atom. The zero-order chi connectivity index (χ0) is 20.4. The van der Waals surface area contributed by atoms with E-state index in [4.69, 9.17) is 14.2 Å². The maximum absolute atomic E-state index is 12.1. The van der Waals surface area contributed by atoms with Crippen LogP contribution in [0.5, 0.6) is 11.5 Å². The van der Waals surface area contributed by atoms with Gasteiger partial charge in [0, 0.05) is 6.54 Å². The summed E-state index contributed by atoms with van der Waals surface area (Å²) in [6.45, 7) is 3.48. The fraction of sp³-hybridized carbons (Fsp3) is 0.273. The molecule has 1 atom stereocenters. The predicted octanol–water partition coefficient (Wildman–Crippen LogP) is 3.36. The maximum atomic E-state index is 12.1. The molecule has 0 spiro atoms. The van der Waals surface area contributed by atoms with Gasteiger partial charge in [0.25, 0.3) is 5.91 Å². The van der Waals surface area contributed by atoms with Crippen molar-refractivity contribution < 1.29 is 23.8 Å². The molecule has 6 heteroatoms. The highest BCUT2D eigenvalue weighted by molar-refractivity contribution is 5.83. The first-order valence-electron chi connectivity index (χ1n) is 8.98. The van der Waals surface area contributed by atoms with Crippen LogP contribution >= 0.6 is 0 Å². The number of hydrogen-bond acceptors (Lipinski definition) is 5. The van der Waals surface area contributed by atoms with Gasteiger partial charge in [-0.05, 0) is 37.1 Å². The molecule has 0 heterocycles. The number of methoxy groups -OCH3 is 1. The van der Waals surface area contributed by atoms with Gasteiger partial charge < -0.3 is 19.5 Å². The summed E-state index contributed by atoms with van der Waals surface area (Å²) in [7, 11) is 1.53. The van der Waals surface area contributed by atoms with E-state index in [2.05, 4.69) is 5.32 Å². The van der Waals surface area contributed by atoms with Crippen LogP contribution in [-0.4, -0.2) is 31.7 Å². The highest BCUT2D eigenvalue weighted by Gasteiger charge is 2.18. The van der Waals surface area contributed by atoms with E-state index in [-0.39, 0.29) is 12.5 Å². The minimum absolute atomic E-state index is 0.324. The summed E-state index contributed by atoms with van der Waals surface area (Å²) >= 11 is 0. The number of carbonyl (C=O) groups is 2. The van der Waals surface area contributed by atoms with Gasteiger partial charge in [0.15, 0.2) is 24.2 Å². The highest BCUT2D eigenvalue weighted by atomic mass is 16.6. The summed E-state index contributed by atoms with van der Waals surface area (Å²) in [6, 6.07) is 14.9. The third kappa shape index (κ3) is 6.46. The largest absolute Gasteiger partial charge is 0.493 e. The standard InChI is InChI=1S/C22H25NO5/c1-4-8-17-11-12-19(20(13-17)26-3)27-15-21(24)28-16(2)22(25)23-14-18-9-6-5-7-10-18/h4-13,16H,14-15H2,1-3H3,(H,23,25)/b8-4+/t16-/m0/s1. The average molecular weight is 383 g/mol. The fourth-order valence-corrected chi connectivity index (χ4v) is 2.45. The van der Waals surface area contributed by atoms with Crippen molar-refractivity contribution in [1.29, 1.82) is 0 Å². The fourth-order valence-electron chi connectivity index (χ4n) is 2.45. The van der Waals surface area contributed by atoms with Crippen LogP contribution in [-0.2, 0) is 20.9 Å². The monoisotopic (exact) mass is 383 g/mol. The van der Waals surface area contributed by atoms with E-state index in [1.165, 1.54) is 14.0 Å². The number of amides is 1. The molecule has 0 aliphatic heterocycles. The van der Waals surface area contributed by atoms with Crippen LogP contribution in [0.1, 0.15) is 25.0 Å². The maximum Gasteiger partial charge on any atom is 0.344 e. The molecular weight excluding hydrogens is 358 g/mol. The second-order valence-electron chi connectivity index (χ2n) is 6.03. The second kappa shape index (κ2) is 10.8. The topological polar surface area (TPSA) is 73.9 Å². The SMILES string of the molecule is C/C=C/c1ccc(OCC(=O)O[C@@H](C)C(=O)NCc2ccccc2)c(OC)c1. The van der Waals surface area contributed by atoms with Crippen LogP contribution in [0.15, 0.2) is 54.6 Å². The molecule has 2 rings (SSSR count). The van der Waals surface area contributed by atoms with E-state index in [1.54, 1.807) is 12.1 Å². The molecule has 1 amide bonds. The molecule has 0 aliphatic carbocycles. The molecule has 0 aromatic heterocycles. The minimum atomic E-state index is -0.918. The third-order valence-corrected chi connectivity index (χ3v) is 3.88. The van der Waals surface area contributed by atoms with Gasteiger partial charge in [-0.25, -0.2) is 4.79 Å². The number of rotatable bonds is 9. The summed E-state index contributed by atoms with van der Waals surface area (Å²) in [6.07, 6.45) is 2.92. The van der Waals surface area contributed by atoms with E-state index in [1.807, 2.05) is 55.5 Å². The lowest BCUT2D eigenvalue weighted by molar-refractivity contribution is -0.156. The molecule has 0 radical (unpaired) electrons. The Balaban J connectivity index is 1.82. The molecule has 6 nitrogen and oxygen atoms in total. The Hall–Kier alpha value is -3.28.